The molecular formula is C14H20N2O5. The molecule has 21 heavy (non-hydrogen) atoms. The minimum atomic E-state index is -1.14. The molecule has 1 aromatic rings. The fourth-order valence-electron chi connectivity index (χ4n) is 1.56. The van der Waals surface area contributed by atoms with E-state index >= 15 is 0 Å². The van der Waals surface area contributed by atoms with Gasteiger partial charge in [0.2, 0.25) is 0 Å². The number of phenolic OH excluding ortho intramolecular Hbond substituents is 1. The van der Waals surface area contributed by atoms with Crippen LogP contribution in [0.15, 0.2) is 18.2 Å². The minimum absolute atomic E-state index is 0.149. The molecular weight excluding hydrogens is 276 g/mol. The van der Waals surface area contributed by atoms with Crippen LogP contribution in [0.1, 0.15) is 32.4 Å². The average Bonchev–Trinajstić information content (AvgIpc) is 2.37. The molecule has 1 unspecified atom stereocenters. The van der Waals surface area contributed by atoms with Crippen LogP contribution in [0.5, 0.6) is 5.75 Å². The Kier molecular flexibility index (Phi) is 5.15. The molecule has 4 N–H and O–H groups in total. The topological polar surface area (TPSA) is 111 Å². The van der Waals surface area contributed by atoms with Crippen LogP contribution in [0.25, 0.3) is 0 Å². The van der Waals surface area contributed by atoms with Gasteiger partial charge in [-0.15, -0.1) is 0 Å². The first-order valence-electron chi connectivity index (χ1n) is 6.30. The van der Waals surface area contributed by atoms with E-state index in [0.29, 0.717) is 5.69 Å². The number of amides is 1. The maximum absolute atomic E-state index is 11.7. The summed E-state index contributed by atoms with van der Waals surface area (Å²) in [5.74, 6) is -0.859. The van der Waals surface area contributed by atoms with Gasteiger partial charge in [0, 0.05) is 11.3 Å². The molecule has 1 atom stereocenters. The number of nitrogens with one attached hydrogen (secondary N) is 1. The SMILES string of the molecule is COC(=O)C(N)c1cc(NC(=O)OC(C)(C)C)ccc1O. The molecule has 116 valence electrons. The van der Waals surface area contributed by atoms with Crippen LogP contribution in [0.2, 0.25) is 0 Å². The number of ether oxygens (including phenoxy) is 2. The number of hydrogen-bond acceptors (Lipinski definition) is 6. The number of nitrogens with two attached hydrogens (primary N) is 1. The molecule has 1 aromatic carbocycles. The van der Waals surface area contributed by atoms with Crippen molar-refractivity contribution in [1.29, 1.82) is 0 Å². The summed E-state index contributed by atoms with van der Waals surface area (Å²) in [4.78, 5) is 23.1. The van der Waals surface area contributed by atoms with Gasteiger partial charge in [-0.25, -0.2) is 4.79 Å². The predicted octanol–water partition coefficient (Wildman–Crippen LogP) is 1.91. The number of aromatic hydroxyl groups is 1. The molecule has 0 radical (unpaired) electrons. The Hall–Kier alpha value is -2.28. The van der Waals surface area contributed by atoms with E-state index in [1.165, 1.54) is 25.3 Å². The number of carbonyl (C=O) groups is 2. The quantitative estimate of drug-likeness (QED) is 0.580. The minimum Gasteiger partial charge on any atom is -0.508 e. The Bertz CT molecular complexity index is 537. The van der Waals surface area contributed by atoms with Crippen molar-refractivity contribution in [3.8, 4) is 5.75 Å². The van der Waals surface area contributed by atoms with E-state index in [1.807, 2.05) is 0 Å². The van der Waals surface area contributed by atoms with Gasteiger partial charge in [-0.2, -0.15) is 0 Å². The number of anilines is 1. The molecule has 0 aliphatic carbocycles. The van der Waals surface area contributed by atoms with E-state index in [0.717, 1.165) is 0 Å². The van der Waals surface area contributed by atoms with Gasteiger partial charge >= 0.3 is 12.1 Å². The molecule has 0 fully saturated rings. The van der Waals surface area contributed by atoms with Gasteiger partial charge in [-0.05, 0) is 39.0 Å². The molecule has 1 amide bonds. The largest absolute Gasteiger partial charge is 0.508 e. The third-order valence-corrected chi connectivity index (χ3v) is 2.46. The molecule has 0 heterocycles. The monoisotopic (exact) mass is 296 g/mol. The van der Waals surface area contributed by atoms with E-state index in [2.05, 4.69) is 10.1 Å². The van der Waals surface area contributed by atoms with Gasteiger partial charge in [0.1, 0.15) is 17.4 Å². The first kappa shape index (κ1) is 16.8. The lowest BCUT2D eigenvalue weighted by atomic mass is 10.1. The second-order valence-electron chi connectivity index (χ2n) is 5.40. The second-order valence-corrected chi connectivity index (χ2v) is 5.40. The van der Waals surface area contributed by atoms with Crippen LogP contribution >= 0.6 is 0 Å². The molecule has 0 saturated carbocycles. The lowest BCUT2D eigenvalue weighted by molar-refractivity contribution is -0.142. The zero-order valence-electron chi connectivity index (χ0n) is 12.5. The highest BCUT2D eigenvalue weighted by molar-refractivity contribution is 5.86. The summed E-state index contributed by atoms with van der Waals surface area (Å²) in [5.41, 5.74) is 5.53. The fraction of sp³-hybridized carbons (Fsp3) is 0.429. The van der Waals surface area contributed by atoms with Gasteiger partial charge in [0.15, 0.2) is 0 Å². The van der Waals surface area contributed by atoms with Crippen LogP contribution in [0, 0.1) is 0 Å². The highest BCUT2D eigenvalue weighted by Gasteiger charge is 2.21. The summed E-state index contributed by atoms with van der Waals surface area (Å²) >= 11 is 0. The highest BCUT2D eigenvalue weighted by Crippen LogP contribution is 2.27. The van der Waals surface area contributed by atoms with E-state index in [9.17, 15) is 14.7 Å². The standard InChI is InChI=1S/C14H20N2O5/c1-14(2,3)21-13(19)16-8-5-6-10(17)9(7-8)11(15)12(18)20-4/h5-7,11,17H,15H2,1-4H3,(H,16,19). The zero-order chi connectivity index (χ0) is 16.2. The normalized spacial score (nSPS) is 12.4. The van der Waals surface area contributed by atoms with Gasteiger partial charge in [0.25, 0.3) is 0 Å². The number of rotatable bonds is 3. The Morgan fingerprint density at radius 3 is 2.48 bits per heavy atom. The van der Waals surface area contributed by atoms with Crippen molar-refractivity contribution in [2.24, 2.45) is 5.73 Å². The molecule has 7 nitrogen and oxygen atoms in total. The summed E-state index contributed by atoms with van der Waals surface area (Å²) in [6.07, 6.45) is -0.647. The molecule has 0 aliphatic rings. The second kappa shape index (κ2) is 6.45. The number of benzene rings is 1. The Balaban J connectivity index is 2.92. The van der Waals surface area contributed by atoms with Crippen molar-refractivity contribution in [2.75, 3.05) is 12.4 Å². The average molecular weight is 296 g/mol. The van der Waals surface area contributed by atoms with E-state index in [1.54, 1.807) is 20.8 Å². The van der Waals surface area contributed by atoms with Crippen molar-refractivity contribution < 1.29 is 24.2 Å². The van der Waals surface area contributed by atoms with Crippen LogP contribution in [0.4, 0.5) is 10.5 Å². The van der Waals surface area contributed by atoms with Gasteiger partial charge in [-0.1, -0.05) is 0 Å². The lowest BCUT2D eigenvalue weighted by Gasteiger charge is -2.20. The molecule has 0 aliphatic heterocycles. The summed E-state index contributed by atoms with van der Waals surface area (Å²) in [5, 5.41) is 12.2. The zero-order valence-corrected chi connectivity index (χ0v) is 12.5. The van der Waals surface area contributed by atoms with Crippen LogP contribution < -0.4 is 11.1 Å². The molecule has 0 saturated heterocycles. The number of carbonyl (C=O) groups excluding carboxylic acids is 2. The fourth-order valence-corrected chi connectivity index (χ4v) is 1.56. The maximum Gasteiger partial charge on any atom is 0.412 e. The maximum atomic E-state index is 11.7. The van der Waals surface area contributed by atoms with Crippen molar-refractivity contribution >= 4 is 17.7 Å². The smallest absolute Gasteiger partial charge is 0.412 e. The van der Waals surface area contributed by atoms with Gasteiger partial charge in [-0.3, -0.25) is 10.1 Å². The Morgan fingerprint density at radius 2 is 1.95 bits per heavy atom. The van der Waals surface area contributed by atoms with Crippen molar-refractivity contribution in [3.05, 3.63) is 23.8 Å². The predicted molar refractivity (Wildman–Crippen MR) is 76.9 cm³/mol. The number of esters is 1. The molecule has 7 heteroatoms. The molecule has 0 aromatic heterocycles. The summed E-state index contributed by atoms with van der Waals surface area (Å²) in [7, 11) is 1.20. The number of methoxy groups -OCH3 is 1. The Morgan fingerprint density at radius 1 is 1.33 bits per heavy atom. The molecule has 1 rings (SSSR count). The highest BCUT2D eigenvalue weighted by atomic mass is 16.6. The number of hydrogen-bond donors (Lipinski definition) is 3. The van der Waals surface area contributed by atoms with Crippen LogP contribution in [-0.4, -0.2) is 29.9 Å². The van der Waals surface area contributed by atoms with E-state index in [-0.39, 0.29) is 11.3 Å². The van der Waals surface area contributed by atoms with E-state index < -0.39 is 23.7 Å². The van der Waals surface area contributed by atoms with Gasteiger partial charge in [0.05, 0.1) is 7.11 Å². The summed E-state index contributed by atoms with van der Waals surface area (Å²) in [6.45, 7) is 5.21. The molecule has 0 spiro atoms. The van der Waals surface area contributed by atoms with Crippen LogP contribution in [0.3, 0.4) is 0 Å². The summed E-state index contributed by atoms with van der Waals surface area (Å²) < 4.78 is 9.63. The third-order valence-electron chi connectivity index (χ3n) is 2.46. The first-order chi connectivity index (χ1) is 9.64. The first-order valence-corrected chi connectivity index (χ1v) is 6.30. The van der Waals surface area contributed by atoms with E-state index in [4.69, 9.17) is 10.5 Å². The molecule has 0 bridgehead atoms. The third kappa shape index (κ3) is 4.96. The van der Waals surface area contributed by atoms with Gasteiger partial charge < -0.3 is 20.3 Å². The Labute approximate surface area is 123 Å². The van der Waals surface area contributed by atoms with Crippen LogP contribution in [-0.2, 0) is 14.3 Å². The number of phenols is 1. The van der Waals surface area contributed by atoms with Crippen molar-refractivity contribution in [2.45, 2.75) is 32.4 Å². The van der Waals surface area contributed by atoms with Crippen molar-refractivity contribution in [3.63, 3.8) is 0 Å². The lowest BCUT2D eigenvalue weighted by Crippen LogP contribution is -2.27. The summed E-state index contributed by atoms with van der Waals surface area (Å²) in [6, 6.07) is 3.04. The van der Waals surface area contributed by atoms with Crippen molar-refractivity contribution in [1.82, 2.24) is 0 Å².